The first-order chi connectivity index (χ1) is 9.21. The summed E-state index contributed by atoms with van der Waals surface area (Å²) in [6, 6.07) is 2.24. The number of aromatic nitrogens is 2. The molecule has 0 bridgehead atoms. The fourth-order valence-corrected chi connectivity index (χ4v) is 2.69. The van der Waals surface area contributed by atoms with E-state index in [9.17, 15) is 0 Å². The Labute approximate surface area is 125 Å². The van der Waals surface area contributed by atoms with Crippen LogP contribution in [-0.2, 0) is 13.0 Å². The monoisotopic (exact) mass is 279 g/mol. The number of nitrogens with zero attached hydrogens (tertiary/aromatic N) is 2. The van der Waals surface area contributed by atoms with Crippen molar-refractivity contribution >= 4 is 0 Å². The van der Waals surface area contributed by atoms with Gasteiger partial charge in [0.2, 0.25) is 0 Å². The first kappa shape index (κ1) is 17.2. The number of hydrogen-bond acceptors (Lipinski definition) is 2. The van der Waals surface area contributed by atoms with Crippen molar-refractivity contribution in [3.05, 3.63) is 17.5 Å². The van der Waals surface area contributed by atoms with E-state index in [-0.39, 0.29) is 5.54 Å². The highest BCUT2D eigenvalue weighted by Gasteiger charge is 2.18. The SMILES string of the molecule is CCn1nc(C)cc1CC(CNC(C)(C)C)CC(C)C. The lowest BCUT2D eigenvalue weighted by Crippen LogP contribution is -2.40. The van der Waals surface area contributed by atoms with Crippen LogP contribution in [-0.4, -0.2) is 21.9 Å². The molecule has 20 heavy (non-hydrogen) atoms. The average molecular weight is 279 g/mol. The lowest BCUT2D eigenvalue weighted by atomic mass is 9.91. The van der Waals surface area contributed by atoms with Crippen molar-refractivity contribution in [2.75, 3.05) is 6.54 Å². The Morgan fingerprint density at radius 2 is 1.95 bits per heavy atom. The van der Waals surface area contributed by atoms with Gasteiger partial charge in [0.25, 0.3) is 0 Å². The van der Waals surface area contributed by atoms with Crippen LogP contribution in [0.25, 0.3) is 0 Å². The van der Waals surface area contributed by atoms with Gasteiger partial charge in [-0.1, -0.05) is 13.8 Å². The number of aryl methyl sites for hydroxylation is 2. The fourth-order valence-electron chi connectivity index (χ4n) is 2.69. The van der Waals surface area contributed by atoms with Crippen LogP contribution in [0.15, 0.2) is 6.07 Å². The molecule has 0 aliphatic carbocycles. The van der Waals surface area contributed by atoms with Crippen molar-refractivity contribution in [1.29, 1.82) is 0 Å². The van der Waals surface area contributed by atoms with E-state index in [1.54, 1.807) is 0 Å². The Morgan fingerprint density at radius 3 is 2.45 bits per heavy atom. The molecule has 0 aliphatic rings. The number of nitrogens with one attached hydrogen (secondary N) is 1. The Morgan fingerprint density at radius 1 is 1.30 bits per heavy atom. The van der Waals surface area contributed by atoms with E-state index in [0.717, 1.165) is 31.1 Å². The lowest BCUT2D eigenvalue weighted by molar-refractivity contribution is 0.326. The van der Waals surface area contributed by atoms with Crippen LogP contribution >= 0.6 is 0 Å². The molecule has 1 N–H and O–H groups in total. The predicted octanol–water partition coefficient (Wildman–Crippen LogP) is 3.80. The highest BCUT2D eigenvalue weighted by molar-refractivity contribution is 5.10. The van der Waals surface area contributed by atoms with E-state index in [1.807, 2.05) is 0 Å². The zero-order chi connectivity index (χ0) is 15.3. The zero-order valence-electron chi connectivity index (χ0n) is 14.5. The summed E-state index contributed by atoms with van der Waals surface area (Å²) in [4.78, 5) is 0. The minimum Gasteiger partial charge on any atom is -0.312 e. The largest absolute Gasteiger partial charge is 0.312 e. The molecule has 1 rings (SSSR count). The topological polar surface area (TPSA) is 29.9 Å². The van der Waals surface area contributed by atoms with Crippen LogP contribution in [0, 0.1) is 18.8 Å². The lowest BCUT2D eigenvalue weighted by Gasteiger charge is -2.26. The Kier molecular flexibility index (Phi) is 6.25. The average Bonchev–Trinajstić information content (AvgIpc) is 2.64. The van der Waals surface area contributed by atoms with Gasteiger partial charge in [-0.15, -0.1) is 0 Å². The van der Waals surface area contributed by atoms with Gasteiger partial charge in [-0.2, -0.15) is 5.10 Å². The maximum absolute atomic E-state index is 4.57. The molecule has 1 aromatic rings. The molecule has 1 aromatic heterocycles. The molecule has 3 nitrogen and oxygen atoms in total. The minimum absolute atomic E-state index is 0.191. The molecule has 1 atom stereocenters. The first-order valence-corrected chi connectivity index (χ1v) is 7.99. The van der Waals surface area contributed by atoms with E-state index in [1.165, 1.54) is 12.1 Å². The standard InChI is InChI=1S/C17H33N3/c1-8-20-16(10-14(4)19-20)11-15(9-13(2)3)12-18-17(5,6)7/h10,13,15,18H,8-9,11-12H2,1-7H3. The van der Waals surface area contributed by atoms with Crippen LogP contribution in [0.3, 0.4) is 0 Å². The van der Waals surface area contributed by atoms with Gasteiger partial charge in [-0.25, -0.2) is 0 Å². The Hall–Kier alpha value is -0.830. The Bertz CT molecular complexity index is 399. The third-order valence-electron chi connectivity index (χ3n) is 3.51. The van der Waals surface area contributed by atoms with Crippen molar-refractivity contribution in [2.45, 2.75) is 73.4 Å². The smallest absolute Gasteiger partial charge is 0.0596 e. The normalized spacial score (nSPS) is 14.0. The third-order valence-corrected chi connectivity index (χ3v) is 3.51. The highest BCUT2D eigenvalue weighted by atomic mass is 15.3. The zero-order valence-corrected chi connectivity index (χ0v) is 14.5. The molecule has 1 heterocycles. The summed E-state index contributed by atoms with van der Waals surface area (Å²) in [5.74, 6) is 1.41. The summed E-state index contributed by atoms with van der Waals surface area (Å²) in [5, 5.41) is 8.23. The molecule has 0 aliphatic heterocycles. The fraction of sp³-hybridized carbons (Fsp3) is 0.824. The summed E-state index contributed by atoms with van der Waals surface area (Å²) in [6.45, 7) is 17.6. The van der Waals surface area contributed by atoms with Crippen molar-refractivity contribution < 1.29 is 0 Å². The minimum atomic E-state index is 0.191. The van der Waals surface area contributed by atoms with Crippen LogP contribution < -0.4 is 5.32 Å². The third kappa shape index (κ3) is 6.08. The molecule has 0 saturated carbocycles. The molecular weight excluding hydrogens is 246 g/mol. The number of hydrogen-bond donors (Lipinski definition) is 1. The molecule has 116 valence electrons. The van der Waals surface area contributed by atoms with E-state index < -0.39 is 0 Å². The van der Waals surface area contributed by atoms with E-state index >= 15 is 0 Å². The second kappa shape index (κ2) is 7.26. The van der Waals surface area contributed by atoms with E-state index in [0.29, 0.717) is 5.92 Å². The number of rotatable bonds is 7. The maximum Gasteiger partial charge on any atom is 0.0596 e. The van der Waals surface area contributed by atoms with Crippen molar-refractivity contribution in [1.82, 2.24) is 15.1 Å². The van der Waals surface area contributed by atoms with Crippen molar-refractivity contribution in [3.8, 4) is 0 Å². The van der Waals surface area contributed by atoms with Gasteiger partial charge in [-0.05, 0) is 71.9 Å². The molecule has 0 fully saturated rings. The summed E-state index contributed by atoms with van der Waals surface area (Å²) < 4.78 is 2.15. The van der Waals surface area contributed by atoms with Crippen molar-refractivity contribution in [2.24, 2.45) is 11.8 Å². The van der Waals surface area contributed by atoms with Crippen LogP contribution in [0.4, 0.5) is 0 Å². The summed E-state index contributed by atoms with van der Waals surface area (Å²) >= 11 is 0. The molecule has 0 saturated heterocycles. The second-order valence-corrected chi connectivity index (χ2v) is 7.42. The quantitative estimate of drug-likeness (QED) is 0.822. The van der Waals surface area contributed by atoms with Gasteiger partial charge >= 0.3 is 0 Å². The maximum atomic E-state index is 4.57. The van der Waals surface area contributed by atoms with Crippen molar-refractivity contribution in [3.63, 3.8) is 0 Å². The molecule has 0 amide bonds. The molecule has 0 aromatic carbocycles. The van der Waals surface area contributed by atoms with Crippen LogP contribution in [0.1, 0.15) is 59.4 Å². The van der Waals surface area contributed by atoms with Gasteiger partial charge in [0.1, 0.15) is 0 Å². The summed E-state index contributed by atoms with van der Waals surface area (Å²) in [7, 11) is 0. The van der Waals surface area contributed by atoms with Gasteiger partial charge in [-0.3, -0.25) is 4.68 Å². The molecular formula is C17H33N3. The van der Waals surface area contributed by atoms with E-state index in [2.05, 4.69) is 69.6 Å². The van der Waals surface area contributed by atoms with Gasteiger partial charge < -0.3 is 5.32 Å². The molecule has 1 unspecified atom stereocenters. The second-order valence-electron chi connectivity index (χ2n) is 7.42. The Balaban J connectivity index is 2.72. The summed E-state index contributed by atoms with van der Waals surface area (Å²) in [6.07, 6.45) is 2.38. The van der Waals surface area contributed by atoms with Gasteiger partial charge in [0.05, 0.1) is 5.69 Å². The first-order valence-electron chi connectivity index (χ1n) is 7.99. The molecule has 3 heteroatoms. The van der Waals surface area contributed by atoms with E-state index in [4.69, 9.17) is 0 Å². The molecule has 0 radical (unpaired) electrons. The predicted molar refractivity (Wildman–Crippen MR) is 87.0 cm³/mol. The molecule has 0 spiro atoms. The van der Waals surface area contributed by atoms with Crippen LogP contribution in [0.2, 0.25) is 0 Å². The van der Waals surface area contributed by atoms with Crippen LogP contribution in [0.5, 0.6) is 0 Å². The summed E-state index contributed by atoms with van der Waals surface area (Å²) in [5.41, 5.74) is 2.70. The van der Waals surface area contributed by atoms with Gasteiger partial charge in [0, 0.05) is 17.8 Å². The highest BCUT2D eigenvalue weighted by Crippen LogP contribution is 2.18. The van der Waals surface area contributed by atoms with Gasteiger partial charge in [0.15, 0.2) is 0 Å².